The van der Waals surface area contributed by atoms with Gasteiger partial charge in [-0.15, -0.1) is 10.2 Å². The molecule has 1 saturated carbocycles. The predicted octanol–water partition coefficient (Wildman–Crippen LogP) is 4.85. The van der Waals surface area contributed by atoms with Crippen molar-refractivity contribution in [3.8, 4) is 16.9 Å². The largest absolute Gasteiger partial charge is 0.482 e. The quantitative estimate of drug-likeness (QED) is 0.672. The van der Waals surface area contributed by atoms with E-state index >= 15 is 0 Å². The van der Waals surface area contributed by atoms with Crippen molar-refractivity contribution in [2.24, 2.45) is 0 Å². The van der Waals surface area contributed by atoms with Crippen LogP contribution in [0.5, 0.6) is 5.75 Å². The monoisotopic (exact) mass is 326 g/mol. The maximum atomic E-state index is 6.32. The van der Waals surface area contributed by atoms with Crippen molar-refractivity contribution in [1.82, 2.24) is 10.2 Å². The molecular formula is C18H15ClN2O2. The Kier molecular flexibility index (Phi) is 3.75. The molecule has 116 valence electrons. The molecule has 0 aliphatic heterocycles. The fourth-order valence-electron chi connectivity index (χ4n) is 2.39. The average molecular weight is 327 g/mol. The van der Waals surface area contributed by atoms with Crippen LogP contribution in [0.15, 0.2) is 52.9 Å². The fourth-order valence-corrected chi connectivity index (χ4v) is 2.62. The molecule has 1 fully saturated rings. The van der Waals surface area contributed by atoms with E-state index in [0.29, 0.717) is 28.5 Å². The SMILES string of the molecule is Clc1cc(-c2ccccc2)ccc1OCc1nnc(C2CC2)o1. The molecule has 1 aliphatic carbocycles. The molecule has 0 radical (unpaired) electrons. The normalized spacial score (nSPS) is 14.0. The lowest BCUT2D eigenvalue weighted by Crippen LogP contribution is -1.96. The van der Waals surface area contributed by atoms with Crippen LogP contribution in [0.2, 0.25) is 5.02 Å². The minimum absolute atomic E-state index is 0.226. The van der Waals surface area contributed by atoms with E-state index in [2.05, 4.69) is 10.2 Å². The van der Waals surface area contributed by atoms with E-state index in [1.165, 1.54) is 0 Å². The maximum Gasteiger partial charge on any atom is 0.253 e. The van der Waals surface area contributed by atoms with Gasteiger partial charge in [-0.05, 0) is 36.1 Å². The Bertz CT molecular complexity index is 813. The second kappa shape index (κ2) is 6.05. The van der Waals surface area contributed by atoms with Gasteiger partial charge in [0.15, 0.2) is 6.61 Å². The van der Waals surface area contributed by atoms with Crippen molar-refractivity contribution in [3.63, 3.8) is 0 Å². The Hall–Kier alpha value is -2.33. The van der Waals surface area contributed by atoms with Gasteiger partial charge in [-0.1, -0.05) is 48.0 Å². The van der Waals surface area contributed by atoms with E-state index in [1.54, 1.807) is 0 Å². The number of aromatic nitrogens is 2. The molecule has 0 unspecified atom stereocenters. The summed E-state index contributed by atoms with van der Waals surface area (Å²) in [7, 11) is 0. The van der Waals surface area contributed by atoms with Crippen molar-refractivity contribution >= 4 is 11.6 Å². The Morgan fingerprint density at radius 3 is 2.61 bits per heavy atom. The number of nitrogens with zero attached hydrogens (tertiary/aromatic N) is 2. The fraction of sp³-hybridized carbons (Fsp3) is 0.222. The third kappa shape index (κ3) is 3.22. The van der Waals surface area contributed by atoms with Crippen LogP contribution < -0.4 is 4.74 Å². The summed E-state index contributed by atoms with van der Waals surface area (Å²) in [4.78, 5) is 0. The second-order valence-corrected chi connectivity index (χ2v) is 6.02. The van der Waals surface area contributed by atoms with Gasteiger partial charge in [0.2, 0.25) is 5.89 Å². The number of halogens is 1. The van der Waals surface area contributed by atoms with Crippen LogP contribution in [0, 0.1) is 0 Å². The van der Waals surface area contributed by atoms with Gasteiger partial charge < -0.3 is 9.15 Å². The average Bonchev–Trinajstić information content (AvgIpc) is 3.33. The van der Waals surface area contributed by atoms with Gasteiger partial charge in [-0.3, -0.25) is 0 Å². The van der Waals surface area contributed by atoms with Gasteiger partial charge in [0.1, 0.15) is 5.75 Å². The van der Waals surface area contributed by atoms with Crippen LogP contribution in [-0.4, -0.2) is 10.2 Å². The third-order valence-corrected chi connectivity index (χ3v) is 4.09. The summed E-state index contributed by atoms with van der Waals surface area (Å²) >= 11 is 6.32. The number of hydrogen-bond acceptors (Lipinski definition) is 4. The van der Waals surface area contributed by atoms with Gasteiger partial charge in [-0.25, -0.2) is 0 Å². The molecule has 4 nitrogen and oxygen atoms in total. The lowest BCUT2D eigenvalue weighted by Gasteiger charge is -2.08. The van der Waals surface area contributed by atoms with Crippen LogP contribution in [-0.2, 0) is 6.61 Å². The standard InChI is InChI=1S/C18H15ClN2O2/c19-15-10-14(12-4-2-1-3-5-12)8-9-16(15)22-11-17-20-21-18(23-17)13-6-7-13/h1-5,8-10,13H,6-7,11H2. The molecule has 4 rings (SSSR count). The summed E-state index contributed by atoms with van der Waals surface area (Å²) in [6, 6.07) is 15.8. The van der Waals surface area contributed by atoms with Crippen molar-refractivity contribution < 1.29 is 9.15 Å². The molecule has 0 N–H and O–H groups in total. The van der Waals surface area contributed by atoms with E-state index in [-0.39, 0.29) is 6.61 Å². The first-order valence-corrected chi connectivity index (χ1v) is 7.97. The zero-order valence-corrected chi connectivity index (χ0v) is 13.2. The summed E-state index contributed by atoms with van der Waals surface area (Å²) in [5.41, 5.74) is 2.17. The van der Waals surface area contributed by atoms with Gasteiger partial charge >= 0.3 is 0 Å². The highest BCUT2D eigenvalue weighted by Crippen LogP contribution is 2.39. The first kappa shape index (κ1) is 14.3. The van der Waals surface area contributed by atoms with Crippen molar-refractivity contribution in [2.75, 3.05) is 0 Å². The van der Waals surface area contributed by atoms with Crippen LogP contribution in [0.1, 0.15) is 30.5 Å². The van der Waals surface area contributed by atoms with Crippen LogP contribution >= 0.6 is 11.6 Å². The highest BCUT2D eigenvalue weighted by atomic mass is 35.5. The van der Waals surface area contributed by atoms with Gasteiger partial charge in [0.05, 0.1) is 5.02 Å². The van der Waals surface area contributed by atoms with Crippen LogP contribution in [0.25, 0.3) is 11.1 Å². The highest BCUT2D eigenvalue weighted by molar-refractivity contribution is 6.32. The molecule has 3 aromatic rings. The molecule has 0 amide bonds. The Morgan fingerprint density at radius 1 is 1.04 bits per heavy atom. The number of benzene rings is 2. The van der Waals surface area contributed by atoms with Gasteiger partial charge in [0, 0.05) is 5.92 Å². The second-order valence-electron chi connectivity index (χ2n) is 5.61. The Labute approximate surface area is 139 Å². The minimum atomic E-state index is 0.226. The lowest BCUT2D eigenvalue weighted by atomic mass is 10.1. The molecule has 0 saturated heterocycles. The van der Waals surface area contributed by atoms with Crippen molar-refractivity contribution in [1.29, 1.82) is 0 Å². The van der Waals surface area contributed by atoms with Crippen LogP contribution in [0.4, 0.5) is 0 Å². The Morgan fingerprint density at radius 2 is 1.87 bits per heavy atom. The summed E-state index contributed by atoms with van der Waals surface area (Å²) < 4.78 is 11.3. The molecule has 2 aromatic carbocycles. The van der Waals surface area contributed by atoms with Crippen molar-refractivity contribution in [2.45, 2.75) is 25.4 Å². The first-order valence-electron chi connectivity index (χ1n) is 7.59. The smallest absolute Gasteiger partial charge is 0.253 e. The lowest BCUT2D eigenvalue weighted by molar-refractivity contribution is 0.259. The molecule has 1 aliphatic rings. The van der Waals surface area contributed by atoms with E-state index in [1.807, 2.05) is 48.5 Å². The van der Waals surface area contributed by atoms with Gasteiger partial charge in [-0.2, -0.15) is 0 Å². The summed E-state index contributed by atoms with van der Waals surface area (Å²) in [5, 5.41) is 8.60. The zero-order valence-electron chi connectivity index (χ0n) is 12.4. The summed E-state index contributed by atoms with van der Waals surface area (Å²) in [6.45, 7) is 0.226. The van der Waals surface area contributed by atoms with E-state index in [0.717, 1.165) is 24.0 Å². The topological polar surface area (TPSA) is 48.2 Å². The Balaban J connectivity index is 1.46. The number of hydrogen-bond donors (Lipinski definition) is 0. The molecule has 1 aromatic heterocycles. The van der Waals surface area contributed by atoms with Crippen molar-refractivity contribution in [3.05, 3.63) is 65.3 Å². The zero-order chi connectivity index (χ0) is 15.6. The molecule has 0 bridgehead atoms. The van der Waals surface area contributed by atoms with Gasteiger partial charge in [0.25, 0.3) is 5.89 Å². The predicted molar refractivity (Wildman–Crippen MR) is 87.5 cm³/mol. The summed E-state index contributed by atoms with van der Waals surface area (Å²) in [6.07, 6.45) is 2.27. The molecule has 23 heavy (non-hydrogen) atoms. The first-order chi connectivity index (χ1) is 11.3. The minimum Gasteiger partial charge on any atom is -0.482 e. The molecular weight excluding hydrogens is 312 g/mol. The highest BCUT2D eigenvalue weighted by Gasteiger charge is 2.29. The number of ether oxygens (including phenoxy) is 1. The molecule has 0 atom stereocenters. The van der Waals surface area contributed by atoms with E-state index in [9.17, 15) is 0 Å². The summed E-state index contributed by atoms with van der Waals surface area (Å²) in [5.74, 6) is 2.26. The molecule has 0 spiro atoms. The molecule has 5 heteroatoms. The number of rotatable bonds is 5. The van der Waals surface area contributed by atoms with E-state index < -0.39 is 0 Å². The van der Waals surface area contributed by atoms with Crippen LogP contribution in [0.3, 0.4) is 0 Å². The third-order valence-electron chi connectivity index (χ3n) is 3.80. The van der Waals surface area contributed by atoms with E-state index in [4.69, 9.17) is 20.8 Å². The maximum absolute atomic E-state index is 6.32. The molecule has 1 heterocycles.